The summed E-state index contributed by atoms with van der Waals surface area (Å²) in [5.74, 6) is -1.83. The number of carbonyl (C=O) groups is 1. The summed E-state index contributed by atoms with van der Waals surface area (Å²) < 4.78 is 44.7. The highest BCUT2D eigenvalue weighted by Gasteiger charge is 2.34. The number of nitrogens with one attached hydrogen (secondary N) is 1. The number of hydrogen-bond donors (Lipinski definition) is 1. The minimum atomic E-state index is -4.97. The fraction of sp³-hybridized carbons (Fsp3) is 0.400. The molecule has 0 aromatic carbocycles. The molecule has 0 aliphatic carbocycles. The third kappa shape index (κ3) is 3.25. The summed E-state index contributed by atoms with van der Waals surface area (Å²) >= 11 is 0. The molecule has 1 heterocycles. The number of H-pyrrole nitrogens is 1. The van der Waals surface area contributed by atoms with Crippen LogP contribution in [0.3, 0.4) is 0 Å². The highest BCUT2D eigenvalue weighted by Crippen LogP contribution is 2.26. The molecule has 0 saturated carbocycles. The molecule has 8 heteroatoms. The largest absolute Gasteiger partial charge is 0.573 e. The van der Waals surface area contributed by atoms with Crippen molar-refractivity contribution in [1.82, 2.24) is 4.98 Å². The molecule has 0 saturated heterocycles. The van der Waals surface area contributed by atoms with E-state index in [1.54, 1.807) is 0 Å². The summed E-state index contributed by atoms with van der Waals surface area (Å²) in [7, 11) is 0. The molecule has 18 heavy (non-hydrogen) atoms. The first-order chi connectivity index (χ1) is 8.26. The molecule has 0 bridgehead atoms. The molecule has 0 unspecified atom stereocenters. The Morgan fingerprint density at radius 2 is 2.06 bits per heavy atom. The number of esters is 1. The third-order valence-corrected chi connectivity index (χ3v) is 2.00. The average molecular weight is 265 g/mol. The van der Waals surface area contributed by atoms with Crippen LogP contribution in [0.5, 0.6) is 5.75 Å². The second-order valence-corrected chi connectivity index (χ2v) is 3.25. The zero-order chi connectivity index (χ0) is 13.9. The zero-order valence-electron chi connectivity index (χ0n) is 9.55. The lowest BCUT2D eigenvalue weighted by atomic mass is 10.1. The van der Waals surface area contributed by atoms with Crippen molar-refractivity contribution in [1.29, 1.82) is 0 Å². The summed E-state index contributed by atoms with van der Waals surface area (Å²) in [6, 6.07) is 0. The Morgan fingerprint density at radius 3 is 2.56 bits per heavy atom. The molecule has 0 aliphatic heterocycles. The van der Waals surface area contributed by atoms with Gasteiger partial charge in [-0.3, -0.25) is 4.79 Å². The van der Waals surface area contributed by atoms with Crippen molar-refractivity contribution in [2.75, 3.05) is 6.61 Å². The fourth-order valence-electron chi connectivity index (χ4n) is 1.27. The van der Waals surface area contributed by atoms with Gasteiger partial charge in [0, 0.05) is 11.8 Å². The lowest BCUT2D eigenvalue weighted by molar-refractivity contribution is -0.274. The van der Waals surface area contributed by atoms with E-state index < -0.39 is 29.2 Å². The Bertz CT molecular complexity index is 507. The molecule has 1 aromatic heterocycles. The van der Waals surface area contributed by atoms with Gasteiger partial charge in [0.2, 0.25) is 0 Å². The first-order valence-electron chi connectivity index (χ1n) is 4.91. The van der Waals surface area contributed by atoms with Gasteiger partial charge in [-0.1, -0.05) is 0 Å². The molecular formula is C10H10F3NO4. The Balaban J connectivity index is 3.30. The molecule has 0 radical (unpaired) electrons. The predicted octanol–water partition coefficient (Wildman–Crippen LogP) is 1.76. The molecule has 0 fully saturated rings. The number of pyridine rings is 1. The van der Waals surface area contributed by atoms with Gasteiger partial charge in [-0.25, -0.2) is 4.79 Å². The van der Waals surface area contributed by atoms with Crippen LogP contribution < -0.4 is 10.3 Å². The van der Waals surface area contributed by atoms with Gasteiger partial charge in [0.1, 0.15) is 5.56 Å². The van der Waals surface area contributed by atoms with Crippen molar-refractivity contribution < 1.29 is 27.4 Å². The number of halogens is 3. The SMILES string of the molecule is CCOC(=O)c1c(OC(F)(F)F)c[nH]c(=O)c1C. The van der Waals surface area contributed by atoms with Crippen LogP contribution in [-0.2, 0) is 4.74 Å². The van der Waals surface area contributed by atoms with Crippen molar-refractivity contribution in [3.8, 4) is 5.75 Å². The second kappa shape index (κ2) is 5.11. The topological polar surface area (TPSA) is 68.4 Å². The van der Waals surface area contributed by atoms with Gasteiger partial charge in [0.25, 0.3) is 5.56 Å². The zero-order valence-corrected chi connectivity index (χ0v) is 9.55. The summed E-state index contributed by atoms with van der Waals surface area (Å²) in [6.07, 6.45) is -4.29. The molecule has 1 N–H and O–H groups in total. The molecule has 0 amide bonds. The van der Waals surface area contributed by atoms with Crippen LogP contribution in [0.1, 0.15) is 22.8 Å². The lowest BCUT2D eigenvalue weighted by Crippen LogP contribution is -2.23. The molecular weight excluding hydrogens is 255 g/mol. The van der Waals surface area contributed by atoms with Gasteiger partial charge >= 0.3 is 12.3 Å². The Kier molecular flexibility index (Phi) is 4.00. The van der Waals surface area contributed by atoms with E-state index in [9.17, 15) is 22.8 Å². The van der Waals surface area contributed by atoms with Gasteiger partial charge in [-0.15, -0.1) is 13.2 Å². The van der Waals surface area contributed by atoms with Crippen LogP contribution in [0.15, 0.2) is 11.0 Å². The van der Waals surface area contributed by atoms with E-state index in [1.165, 1.54) is 13.8 Å². The third-order valence-electron chi connectivity index (χ3n) is 2.00. The molecule has 100 valence electrons. The van der Waals surface area contributed by atoms with Crippen molar-refractivity contribution in [3.63, 3.8) is 0 Å². The van der Waals surface area contributed by atoms with Crippen molar-refractivity contribution in [2.24, 2.45) is 0 Å². The van der Waals surface area contributed by atoms with Gasteiger partial charge in [-0.05, 0) is 13.8 Å². The van der Waals surface area contributed by atoms with Gasteiger partial charge in [0.05, 0.1) is 6.61 Å². The molecule has 1 rings (SSSR count). The molecule has 1 aromatic rings. The Labute approximate surface area is 99.5 Å². The number of carbonyl (C=O) groups excluding carboxylic acids is 1. The Hall–Kier alpha value is -1.99. The van der Waals surface area contributed by atoms with E-state index in [1.807, 2.05) is 4.98 Å². The normalized spacial score (nSPS) is 11.2. The predicted molar refractivity (Wildman–Crippen MR) is 54.4 cm³/mol. The van der Waals surface area contributed by atoms with Gasteiger partial charge in [-0.2, -0.15) is 0 Å². The summed E-state index contributed by atoms with van der Waals surface area (Å²) in [4.78, 5) is 24.8. The maximum Gasteiger partial charge on any atom is 0.573 e. The minimum Gasteiger partial charge on any atom is -0.462 e. The van der Waals surface area contributed by atoms with E-state index in [-0.39, 0.29) is 12.2 Å². The summed E-state index contributed by atoms with van der Waals surface area (Å²) in [6.45, 7) is 2.66. The minimum absolute atomic E-state index is 0.0312. The van der Waals surface area contributed by atoms with E-state index in [0.717, 1.165) is 0 Å². The number of ether oxygens (including phenoxy) is 2. The van der Waals surface area contributed by atoms with E-state index in [2.05, 4.69) is 9.47 Å². The number of hydrogen-bond acceptors (Lipinski definition) is 4. The van der Waals surface area contributed by atoms with Crippen molar-refractivity contribution in [2.45, 2.75) is 20.2 Å². The number of aromatic nitrogens is 1. The average Bonchev–Trinajstić information content (AvgIpc) is 2.22. The number of aromatic amines is 1. The quantitative estimate of drug-likeness (QED) is 0.845. The smallest absolute Gasteiger partial charge is 0.462 e. The van der Waals surface area contributed by atoms with Crippen LogP contribution >= 0.6 is 0 Å². The second-order valence-electron chi connectivity index (χ2n) is 3.25. The highest BCUT2D eigenvalue weighted by molar-refractivity contribution is 5.93. The number of alkyl halides is 3. The molecule has 0 aliphatic rings. The molecule has 5 nitrogen and oxygen atoms in total. The van der Waals surface area contributed by atoms with Crippen molar-refractivity contribution in [3.05, 3.63) is 27.7 Å². The summed E-state index contributed by atoms with van der Waals surface area (Å²) in [5, 5.41) is 0. The lowest BCUT2D eigenvalue weighted by Gasteiger charge is -2.13. The fourth-order valence-corrected chi connectivity index (χ4v) is 1.27. The van der Waals surface area contributed by atoms with E-state index in [0.29, 0.717) is 6.20 Å². The van der Waals surface area contributed by atoms with E-state index in [4.69, 9.17) is 0 Å². The molecule has 0 atom stereocenters. The standard InChI is InChI=1S/C10H10F3NO4/c1-3-17-9(16)7-5(2)8(15)14-4-6(7)18-10(11,12)13/h4H,3H2,1-2H3,(H,14,15). The van der Waals surface area contributed by atoms with Crippen LogP contribution in [-0.4, -0.2) is 23.9 Å². The first kappa shape index (κ1) is 14.1. The maximum absolute atomic E-state index is 12.1. The highest BCUT2D eigenvalue weighted by atomic mass is 19.4. The van der Waals surface area contributed by atoms with Gasteiger partial charge in [0.15, 0.2) is 5.75 Å². The van der Waals surface area contributed by atoms with Crippen LogP contribution in [0.25, 0.3) is 0 Å². The number of rotatable bonds is 3. The Morgan fingerprint density at radius 1 is 1.44 bits per heavy atom. The van der Waals surface area contributed by atoms with Crippen LogP contribution in [0.2, 0.25) is 0 Å². The van der Waals surface area contributed by atoms with Crippen molar-refractivity contribution >= 4 is 5.97 Å². The molecule has 0 spiro atoms. The van der Waals surface area contributed by atoms with E-state index >= 15 is 0 Å². The maximum atomic E-state index is 12.1. The first-order valence-corrected chi connectivity index (χ1v) is 4.91. The van der Waals surface area contributed by atoms with Gasteiger partial charge < -0.3 is 14.5 Å². The summed E-state index contributed by atoms with van der Waals surface area (Å²) in [5.41, 5.74) is -1.42. The van der Waals surface area contributed by atoms with Crippen LogP contribution in [0, 0.1) is 6.92 Å². The monoisotopic (exact) mass is 265 g/mol. The van der Waals surface area contributed by atoms with Crippen LogP contribution in [0.4, 0.5) is 13.2 Å².